The summed E-state index contributed by atoms with van der Waals surface area (Å²) in [7, 11) is 0. The van der Waals surface area contributed by atoms with Gasteiger partial charge >= 0.3 is 0 Å². The number of hydrogen-bond acceptors (Lipinski definition) is 1. The molecule has 60 heavy (non-hydrogen) atoms. The highest BCUT2D eigenvalue weighted by Gasteiger charge is 2.22. The molecular weight excluding hydrogens is 723 g/mol. The van der Waals surface area contributed by atoms with Crippen LogP contribution in [-0.4, -0.2) is 0 Å². The number of benzene rings is 11. The van der Waals surface area contributed by atoms with Crippen LogP contribution in [-0.2, 0) is 0 Å². The Morgan fingerprint density at radius 1 is 0.267 bits per heavy atom. The van der Waals surface area contributed by atoms with Crippen LogP contribution in [0.3, 0.4) is 0 Å². The standard InChI is InChI=1S/C59H41N/c1-40-25-34-52-46(35-40)28-26-43-27-29-47(37-55(43)52)59-57(41-15-5-2-6-16-41)38-50(39-58(59)42-17-7-3-8-18-42)60(48-20-9-4-10-21-48)49-32-30-44(31-33-49)56-36-45-19-11-12-22-51(45)53-23-13-14-24-54(53)56/h2-39H,1H3. The Bertz CT molecular complexity index is 3290. The number of rotatable bonds is 7. The summed E-state index contributed by atoms with van der Waals surface area (Å²) < 4.78 is 0. The zero-order chi connectivity index (χ0) is 40.0. The second kappa shape index (κ2) is 14.9. The molecule has 11 aromatic rings. The highest BCUT2D eigenvalue weighted by atomic mass is 15.1. The summed E-state index contributed by atoms with van der Waals surface area (Å²) in [5, 5.41) is 10.1. The van der Waals surface area contributed by atoms with Crippen molar-refractivity contribution < 1.29 is 0 Å². The smallest absolute Gasteiger partial charge is 0.0474 e. The molecule has 0 saturated heterocycles. The minimum absolute atomic E-state index is 1.09. The molecule has 0 aliphatic carbocycles. The summed E-state index contributed by atoms with van der Waals surface area (Å²) in [6, 6.07) is 84.6. The average Bonchev–Trinajstić information content (AvgIpc) is 3.32. The van der Waals surface area contributed by atoms with Gasteiger partial charge in [0, 0.05) is 17.1 Å². The molecule has 0 radical (unpaired) electrons. The van der Waals surface area contributed by atoms with Crippen molar-refractivity contribution in [2.45, 2.75) is 6.92 Å². The molecule has 11 aromatic carbocycles. The van der Waals surface area contributed by atoms with Gasteiger partial charge in [-0.05, 0) is 143 Å². The molecule has 0 fully saturated rings. The third kappa shape index (κ3) is 6.29. The number of nitrogens with zero attached hydrogens (tertiary/aromatic N) is 1. The molecule has 0 atom stereocenters. The van der Waals surface area contributed by atoms with Crippen molar-refractivity contribution in [3.63, 3.8) is 0 Å². The molecule has 0 saturated carbocycles. The van der Waals surface area contributed by atoms with Crippen molar-refractivity contribution in [3.05, 3.63) is 236 Å². The molecule has 0 aliphatic rings. The predicted octanol–water partition coefficient (Wildman–Crippen LogP) is 16.7. The molecule has 0 amide bonds. The van der Waals surface area contributed by atoms with Crippen LogP contribution in [0.25, 0.3) is 87.6 Å². The fourth-order valence-corrected chi connectivity index (χ4v) is 9.20. The van der Waals surface area contributed by atoms with E-state index >= 15 is 0 Å². The fourth-order valence-electron chi connectivity index (χ4n) is 9.20. The van der Waals surface area contributed by atoms with E-state index in [2.05, 4.69) is 242 Å². The molecule has 1 heteroatoms. The van der Waals surface area contributed by atoms with Gasteiger partial charge in [-0.3, -0.25) is 0 Å². The zero-order valence-electron chi connectivity index (χ0n) is 33.4. The first kappa shape index (κ1) is 35.4. The quantitative estimate of drug-likeness (QED) is 0.146. The second-order valence-corrected chi connectivity index (χ2v) is 15.8. The van der Waals surface area contributed by atoms with E-state index in [1.54, 1.807) is 0 Å². The number of para-hydroxylation sites is 1. The first-order valence-corrected chi connectivity index (χ1v) is 20.7. The van der Waals surface area contributed by atoms with E-state index in [0.29, 0.717) is 0 Å². The SMILES string of the molecule is Cc1ccc2c(ccc3ccc(-c4c(-c5ccccc5)cc(N(c5ccccc5)c5ccc(-c6cc7ccccc7c7ccccc67)cc5)cc4-c4ccccc4)cc32)c1. The lowest BCUT2D eigenvalue weighted by Crippen LogP contribution is -2.10. The van der Waals surface area contributed by atoms with E-state index in [9.17, 15) is 0 Å². The number of hydrogen-bond donors (Lipinski definition) is 0. The lowest BCUT2D eigenvalue weighted by atomic mass is 9.85. The van der Waals surface area contributed by atoms with Gasteiger partial charge < -0.3 is 4.90 Å². The van der Waals surface area contributed by atoms with Crippen molar-refractivity contribution >= 4 is 60.2 Å². The number of fused-ring (bicyclic) bond motifs is 6. The third-order valence-corrected chi connectivity index (χ3v) is 12.1. The summed E-state index contributed by atoms with van der Waals surface area (Å²) >= 11 is 0. The molecule has 0 bridgehead atoms. The zero-order valence-corrected chi connectivity index (χ0v) is 33.4. The Morgan fingerprint density at radius 2 is 0.767 bits per heavy atom. The topological polar surface area (TPSA) is 3.24 Å². The van der Waals surface area contributed by atoms with Crippen LogP contribution >= 0.6 is 0 Å². The van der Waals surface area contributed by atoms with Crippen LogP contribution < -0.4 is 4.90 Å². The van der Waals surface area contributed by atoms with E-state index in [-0.39, 0.29) is 0 Å². The number of anilines is 3. The first-order valence-electron chi connectivity index (χ1n) is 20.7. The van der Waals surface area contributed by atoms with E-state index in [1.807, 2.05) is 0 Å². The van der Waals surface area contributed by atoms with Crippen molar-refractivity contribution in [1.29, 1.82) is 0 Å². The van der Waals surface area contributed by atoms with Crippen LogP contribution in [0.4, 0.5) is 17.1 Å². The Labute approximate surface area is 351 Å². The maximum absolute atomic E-state index is 2.41. The maximum Gasteiger partial charge on any atom is 0.0474 e. The van der Waals surface area contributed by atoms with Crippen LogP contribution in [0, 0.1) is 6.92 Å². The molecule has 0 aliphatic heterocycles. The third-order valence-electron chi connectivity index (χ3n) is 12.1. The first-order chi connectivity index (χ1) is 29.7. The van der Waals surface area contributed by atoms with Gasteiger partial charge in [-0.1, -0.05) is 188 Å². The second-order valence-electron chi connectivity index (χ2n) is 15.8. The van der Waals surface area contributed by atoms with Crippen LogP contribution in [0.5, 0.6) is 0 Å². The van der Waals surface area contributed by atoms with Crippen molar-refractivity contribution in [2.75, 3.05) is 4.90 Å². The summed E-state index contributed by atoms with van der Waals surface area (Å²) in [5.74, 6) is 0. The Hall–Kier alpha value is -7.74. The lowest BCUT2D eigenvalue weighted by Gasteiger charge is -2.28. The van der Waals surface area contributed by atoms with Crippen LogP contribution in [0.15, 0.2) is 231 Å². The molecule has 0 N–H and O–H groups in total. The molecule has 0 spiro atoms. The van der Waals surface area contributed by atoms with Gasteiger partial charge in [0.25, 0.3) is 0 Å². The Balaban J connectivity index is 1.14. The number of aryl methyl sites for hydroxylation is 1. The molecule has 0 aromatic heterocycles. The van der Waals surface area contributed by atoms with Crippen LogP contribution in [0.2, 0.25) is 0 Å². The Kier molecular flexibility index (Phi) is 8.79. The van der Waals surface area contributed by atoms with E-state index in [4.69, 9.17) is 0 Å². The summed E-state index contributed by atoms with van der Waals surface area (Å²) in [4.78, 5) is 2.40. The summed E-state index contributed by atoms with van der Waals surface area (Å²) in [6.45, 7) is 2.17. The van der Waals surface area contributed by atoms with Gasteiger partial charge in [-0.25, -0.2) is 0 Å². The largest absolute Gasteiger partial charge is 0.310 e. The maximum atomic E-state index is 2.41. The molecule has 0 unspecified atom stereocenters. The summed E-state index contributed by atoms with van der Waals surface area (Å²) in [5.41, 5.74) is 14.1. The predicted molar refractivity (Wildman–Crippen MR) is 258 cm³/mol. The van der Waals surface area contributed by atoms with Gasteiger partial charge in [0.15, 0.2) is 0 Å². The van der Waals surface area contributed by atoms with Gasteiger partial charge in [0.2, 0.25) is 0 Å². The molecule has 1 nitrogen and oxygen atoms in total. The van der Waals surface area contributed by atoms with Gasteiger partial charge in [-0.15, -0.1) is 0 Å². The highest BCUT2D eigenvalue weighted by Crippen LogP contribution is 2.47. The molecule has 11 rings (SSSR count). The van der Waals surface area contributed by atoms with Gasteiger partial charge in [-0.2, -0.15) is 0 Å². The van der Waals surface area contributed by atoms with Gasteiger partial charge in [0.1, 0.15) is 0 Å². The normalized spacial score (nSPS) is 11.4. The average molecular weight is 764 g/mol. The van der Waals surface area contributed by atoms with E-state index in [1.165, 1.54) is 93.2 Å². The van der Waals surface area contributed by atoms with Crippen molar-refractivity contribution in [3.8, 4) is 44.5 Å². The van der Waals surface area contributed by atoms with Crippen molar-refractivity contribution in [1.82, 2.24) is 0 Å². The Morgan fingerprint density at radius 3 is 1.47 bits per heavy atom. The molecular formula is C59H41N. The van der Waals surface area contributed by atoms with E-state index < -0.39 is 0 Å². The van der Waals surface area contributed by atoms with Crippen LogP contribution in [0.1, 0.15) is 5.56 Å². The molecule has 0 heterocycles. The highest BCUT2D eigenvalue weighted by molar-refractivity contribution is 6.14. The van der Waals surface area contributed by atoms with E-state index in [0.717, 1.165) is 17.1 Å². The van der Waals surface area contributed by atoms with Crippen molar-refractivity contribution in [2.24, 2.45) is 0 Å². The monoisotopic (exact) mass is 763 g/mol. The van der Waals surface area contributed by atoms with Gasteiger partial charge in [0.05, 0.1) is 0 Å². The summed E-state index contributed by atoms with van der Waals surface area (Å²) in [6.07, 6.45) is 0. The minimum Gasteiger partial charge on any atom is -0.310 e. The minimum atomic E-state index is 1.09. The molecule has 282 valence electrons. The fraction of sp³-hybridized carbons (Fsp3) is 0.0169. The lowest BCUT2D eigenvalue weighted by molar-refractivity contribution is 1.28.